The molecule has 0 heterocycles. The van der Waals surface area contributed by atoms with Crippen LogP contribution in [0.1, 0.15) is 6.42 Å². The Morgan fingerprint density at radius 2 is 2.25 bits per heavy atom. The molecule has 0 atom stereocenters. The molecule has 0 unspecified atom stereocenters. The Morgan fingerprint density at radius 3 is 2.75 bits per heavy atom. The van der Waals surface area contributed by atoms with Crippen LogP contribution in [0, 0.1) is 0 Å². The first kappa shape index (κ1) is 10.9. The number of hydrogen-bond donors (Lipinski definition) is 0. The predicted octanol–water partition coefficient (Wildman–Crippen LogP) is 1.43. The summed E-state index contributed by atoms with van der Waals surface area (Å²) in [6.07, 6.45) is 3.62. The standard InChI is InChI=1S/C8H9ClO3/c1-7(9)3-2-4-8(11)12-6-5-10/h2-3,5H,1,4,6H2. The van der Waals surface area contributed by atoms with Crippen molar-refractivity contribution in [1.29, 1.82) is 0 Å². The van der Waals surface area contributed by atoms with E-state index in [1.54, 1.807) is 0 Å². The second kappa shape index (κ2) is 6.61. The van der Waals surface area contributed by atoms with Gasteiger partial charge in [-0.15, -0.1) is 0 Å². The fourth-order valence-electron chi connectivity index (χ4n) is 0.469. The molecule has 12 heavy (non-hydrogen) atoms. The molecule has 4 heteroatoms. The van der Waals surface area contributed by atoms with Gasteiger partial charge in [0.15, 0.2) is 6.29 Å². The van der Waals surface area contributed by atoms with Crippen molar-refractivity contribution in [2.75, 3.05) is 6.61 Å². The number of carbonyl (C=O) groups excluding carboxylic acids is 2. The van der Waals surface area contributed by atoms with Crippen LogP contribution in [0.2, 0.25) is 0 Å². The Morgan fingerprint density at radius 1 is 1.58 bits per heavy atom. The maximum absolute atomic E-state index is 10.7. The van der Waals surface area contributed by atoms with Crippen LogP contribution < -0.4 is 0 Å². The molecule has 0 aliphatic rings. The van der Waals surface area contributed by atoms with Gasteiger partial charge in [-0.1, -0.05) is 24.3 Å². The number of carbonyl (C=O) groups is 2. The van der Waals surface area contributed by atoms with E-state index in [1.807, 2.05) is 0 Å². The van der Waals surface area contributed by atoms with Crippen molar-refractivity contribution in [2.45, 2.75) is 6.42 Å². The van der Waals surface area contributed by atoms with Gasteiger partial charge in [0.2, 0.25) is 0 Å². The van der Waals surface area contributed by atoms with Gasteiger partial charge in [-0.05, 0) is 6.08 Å². The first-order valence-corrected chi connectivity index (χ1v) is 3.65. The first-order valence-electron chi connectivity index (χ1n) is 3.27. The lowest BCUT2D eigenvalue weighted by atomic mass is 10.4. The van der Waals surface area contributed by atoms with Crippen LogP contribution in [0.5, 0.6) is 0 Å². The molecule has 0 aliphatic heterocycles. The van der Waals surface area contributed by atoms with Crippen LogP contribution in [-0.2, 0) is 14.3 Å². The number of rotatable bonds is 5. The Bertz CT molecular complexity index is 208. The van der Waals surface area contributed by atoms with Gasteiger partial charge >= 0.3 is 5.97 Å². The molecule has 0 bridgehead atoms. The van der Waals surface area contributed by atoms with E-state index in [4.69, 9.17) is 11.6 Å². The van der Waals surface area contributed by atoms with E-state index < -0.39 is 5.97 Å². The Kier molecular flexibility index (Phi) is 6.01. The second-order valence-electron chi connectivity index (χ2n) is 1.90. The molecule has 0 amide bonds. The SMILES string of the molecule is C=C(Cl)C=CCC(=O)OCC=O. The zero-order valence-corrected chi connectivity index (χ0v) is 7.21. The van der Waals surface area contributed by atoms with E-state index >= 15 is 0 Å². The Labute approximate surface area is 75.7 Å². The number of ether oxygens (including phenoxy) is 1. The van der Waals surface area contributed by atoms with E-state index in [0.29, 0.717) is 11.3 Å². The topological polar surface area (TPSA) is 43.4 Å². The fraction of sp³-hybridized carbons (Fsp3) is 0.250. The summed E-state index contributed by atoms with van der Waals surface area (Å²) < 4.78 is 4.44. The fourth-order valence-corrected chi connectivity index (χ4v) is 0.558. The van der Waals surface area contributed by atoms with Gasteiger partial charge in [-0.2, -0.15) is 0 Å². The number of aldehydes is 1. The highest BCUT2D eigenvalue weighted by molar-refractivity contribution is 6.30. The molecule has 3 nitrogen and oxygen atoms in total. The van der Waals surface area contributed by atoms with E-state index in [2.05, 4.69) is 11.3 Å². The minimum Gasteiger partial charge on any atom is -0.458 e. The normalized spacial score (nSPS) is 9.75. The van der Waals surface area contributed by atoms with Crippen LogP contribution in [0.15, 0.2) is 23.8 Å². The van der Waals surface area contributed by atoms with Crippen LogP contribution in [-0.4, -0.2) is 18.9 Å². The van der Waals surface area contributed by atoms with Crippen LogP contribution in [0.4, 0.5) is 0 Å². The summed E-state index contributed by atoms with van der Waals surface area (Å²) >= 11 is 5.38. The van der Waals surface area contributed by atoms with Crippen molar-refractivity contribution >= 4 is 23.9 Å². The zero-order valence-electron chi connectivity index (χ0n) is 6.46. The average Bonchev–Trinajstić information content (AvgIpc) is 2.00. The lowest BCUT2D eigenvalue weighted by molar-refractivity contribution is -0.144. The summed E-state index contributed by atoms with van der Waals surface area (Å²) in [4.78, 5) is 20.4. The summed E-state index contributed by atoms with van der Waals surface area (Å²) in [5.74, 6) is -0.462. The van der Waals surface area contributed by atoms with Crippen LogP contribution >= 0.6 is 11.6 Å². The third-order valence-corrected chi connectivity index (χ3v) is 1.02. The molecule has 0 saturated heterocycles. The van der Waals surface area contributed by atoms with Gasteiger partial charge in [-0.3, -0.25) is 9.59 Å². The smallest absolute Gasteiger partial charge is 0.310 e. The van der Waals surface area contributed by atoms with Gasteiger partial charge in [0.25, 0.3) is 0 Å². The molecule has 0 aromatic carbocycles. The van der Waals surface area contributed by atoms with E-state index in [1.165, 1.54) is 12.2 Å². The lowest BCUT2D eigenvalue weighted by Crippen LogP contribution is -2.04. The molecule has 0 radical (unpaired) electrons. The monoisotopic (exact) mass is 188 g/mol. The summed E-state index contributed by atoms with van der Waals surface area (Å²) in [6.45, 7) is 3.18. The van der Waals surface area contributed by atoms with Crippen LogP contribution in [0.3, 0.4) is 0 Å². The minimum atomic E-state index is -0.462. The third-order valence-electron chi connectivity index (χ3n) is 0.896. The van der Waals surface area contributed by atoms with Crippen molar-refractivity contribution in [3.8, 4) is 0 Å². The molecule has 0 N–H and O–H groups in total. The molecular formula is C8H9ClO3. The van der Waals surface area contributed by atoms with Crippen molar-refractivity contribution in [3.05, 3.63) is 23.8 Å². The van der Waals surface area contributed by atoms with Crippen molar-refractivity contribution in [1.82, 2.24) is 0 Å². The van der Waals surface area contributed by atoms with E-state index in [9.17, 15) is 9.59 Å². The Balaban J connectivity index is 3.56. The third kappa shape index (κ3) is 7.02. The summed E-state index contributed by atoms with van der Waals surface area (Å²) in [6, 6.07) is 0. The summed E-state index contributed by atoms with van der Waals surface area (Å²) in [5.41, 5.74) is 0. The van der Waals surface area contributed by atoms with Gasteiger partial charge in [0.1, 0.15) is 6.61 Å². The molecule has 0 fully saturated rings. The maximum atomic E-state index is 10.7. The number of allylic oxidation sites excluding steroid dienone is 2. The van der Waals surface area contributed by atoms with E-state index in [-0.39, 0.29) is 13.0 Å². The highest BCUT2D eigenvalue weighted by Crippen LogP contribution is 1.99. The highest BCUT2D eigenvalue weighted by atomic mass is 35.5. The molecular weight excluding hydrogens is 180 g/mol. The van der Waals surface area contributed by atoms with Crippen molar-refractivity contribution in [2.24, 2.45) is 0 Å². The molecule has 66 valence electrons. The number of hydrogen-bond acceptors (Lipinski definition) is 3. The molecule has 0 rings (SSSR count). The molecule has 0 aliphatic carbocycles. The largest absolute Gasteiger partial charge is 0.458 e. The number of halogens is 1. The first-order chi connectivity index (χ1) is 5.66. The van der Waals surface area contributed by atoms with Gasteiger partial charge in [0, 0.05) is 5.03 Å². The minimum absolute atomic E-state index is 0.0968. The van der Waals surface area contributed by atoms with Crippen molar-refractivity contribution < 1.29 is 14.3 Å². The quantitative estimate of drug-likeness (QED) is 0.372. The van der Waals surface area contributed by atoms with Gasteiger partial charge < -0.3 is 4.74 Å². The summed E-state index contributed by atoms with van der Waals surface area (Å²) in [5, 5.41) is 0.346. The molecule has 0 aromatic heterocycles. The van der Waals surface area contributed by atoms with Gasteiger partial charge in [0.05, 0.1) is 6.42 Å². The summed E-state index contributed by atoms with van der Waals surface area (Å²) in [7, 11) is 0. The van der Waals surface area contributed by atoms with Gasteiger partial charge in [-0.25, -0.2) is 0 Å². The maximum Gasteiger partial charge on any atom is 0.310 e. The molecule has 0 saturated carbocycles. The number of esters is 1. The molecule has 0 spiro atoms. The van der Waals surface area contributed by atoms with Crippen molar-refractivity contribution in [3.63, 3.8) is 0 Å². The predicted molar refractivity (Wildman–Crippen MR) is 45.8 cm³/mol. The Hall–Kier alpha value is -1.09. The molecule has 0 aromatic rings. The highest BCUT2D eigenvalue weighted by Gasteiger charge is 1.96. The van der Waals surface area contributed by atoms with Crippen LogP contribution in [0.25, 0.3) is 0 Å². The zero-order chi connectivity index (χ0) is 9.40. The van der Waals surface area contributed by atoms with E-state index in [0.717, 1.165) is 0 Å². The average molecular weight is 189 g/mol. The second-order valence-corrected chi connectivity index (χ2v) is 2.39. The lowest BCUT2D eigenvalue weighted by Gasteiger charge is -1.95.